The maximum absolute atomic E-state index is 13.1. The van der Waals surface area contributed by atoms with E-state index in [1.54, 1.807) is 0 Å². The molecule has 1 aliphatic rings. The van der Waals surface area contributed by atoms with Crippen LogP contribution < -0.4 is 37.6 Å². The molecule has 17 heteroatoms. The van der Waals surface area contributed by atoms with Crippen molar-refractivity contribution in [2.75, 3.05) is 19.3 Å². The number of carbonyl (C=O) groups excluding carboxylic acids is 5. The summed E-state index contributed by atoms with van der Waals surface area (Å²) in [7, 11) is 4.28. The molecular formula is C21H38BN8O7P. The van der Waals surface area contributed by atoms with Gasteiger partial charge in [0.25, 0.3) is 0 Å². The van der Waals surface area contributed by atoms with Gasteiger partial charge in [-0.3, -0.25) is 34.2 Å². The first-order valence-corrected chi connectivity index (χ1v) is 13.3. The van der Waals surface area contributed by atoms with Gasteiger partial charge in [0.1, 0.15) is 32.0 Å². The average Bonchev–Trinajstić information content (AvgIpc) is 2.85. The van der Waals surface area contributed by atoms with Crippen LogP contribution in [-0.4, -0.2) is 97.8 Å². The smallest absolute Gasteiger partial charge is 0.305 e. The van der Waals surface area contributed by atoms with Crippen LogP contribution in [-0.2, 0) is 28.8 Å². The zero-order valence-electron chi connectivity index (χ0n) is 21.4. The fourth-order valence-electron chi connectivity index (χ4n) is 3.63. The molecule has 1 fully saturated rings. The number of hydrogen-bond donors (Lipinski definition) is 9. The Balaban J connectivity index is 3.26. The van der Waals surface area contributed by atoms with E-state index in [0.29, 0.717) is 12.8 Å². The predicted molar refractivity (Wildman–Crippen MR) is 144 cm³/mol. The van der Waals surface area contributed by atoms with Gasteiger partial charge >= 0.3 is 5.97 Å². The number of guanidine groups is 1. The van der Waals surface area contributed by atoms with E-state index >= 15 is 0 Å². The Morgan fingerprint density at radius 2 is 1.47 bits per heavy atom. The Morgan fingerprint density at radius 1 is 0.921 bits per heavy atom. The molecule has 0 aromatic rings. The van der Waals surface area contributed by atoms with Crippen molar-refractivity contribution in [1.82, 2.24) is 31.9 Å². The summed E-state index contributed by atoms with van der Waals surface area (Å²) >= 11 is 0. The third-order valence-electron chi connectivity index (χ3n) is 5.67. The van der Waals surface area contributed by atoms with Gasteiger partial charge in [-0.1, -0.05) is 19.2 Å². The normalized spacial score (nSPS) is 23.4. The third-order valence-corrected chi connectivity index (χ3v) is 6.14. The van der Waals surface area contributed by atoms with Crippen molar-refractivity contribution in [1.29, 1.82) is 5.41 Å². The molecule has 0 aromatic carbocycles. The van der Waals surface area contributed by atoms with E-state index in [1.165, 1.54) is 0 Å². The van der Waals surface area contributed by atoms with Crippen molar-refractivity contribution < 1.29 is 33.9 Å². The van der Waals surface area contributed by atoms with Gasteiger partial charge in [0.15, 0.2) is 5.96 Å². The molecule has 212 valence electrons. The first kappa shape index (κ1) is 32.6. The topological polar surface area (TPSA) is 245 Å². The molecule has 1 aliphatic heterocycles. The van der Waals surface area contributed by atoms with Crippen molar-refractivity contribution in [2.45, 2.75) is 69.0 Å². The van der Waals surface area contributed by atoms with Crippen molar-refractivity contribution >= 4 is 58.6 Å². The number of rotatable bonds is 11. The fourth-order valence-corrected chi connectivity index (χ4v) is 3.97. The second kappa shape index (κ2) is 17.2. The van der Waals surface area contributed by atoms with Gasteiger partial charge in [-0.2, -0.15) is 0 Å². The zero-order valence-corrected chi connectivity index (χ0v) is 22.6. The van der Waals surface area contributed by atoms with E-state index in [9.17, 15) is 33.9 Å². The van der Waals surface area contributed by atoms with Crippen LogP contribution in [0.25, 0.3) is 0 Å². The molecule has 5 unspecified atom stereocenters. The number of carbonyl (C=O) groups is 6. The van der Waals surface area contributed by atoms with Crippen molar-refractivity contribution in [3.05, 3.63) is 0 Å². The molecule has 0 saturated carbocycles. The minimum Gasteiger partial charge on any atom is -0.481 e. The van der Waals surface area contributed by atoms with E-state index in [2.05, 4.69) is 41.1 Å². The van der Waals surface area contributed by atoms with Gasteiger partial charge in [0.05, 0.1) is 13.0 Å². The Bertz CT molecular complexity index is 894. The highest BCUT2D eigenvalue weighted by Crippen LogP contribution is 2.07. The molecule has 0 bridgehead atoms. The van der Waals surface area contributed by atoms with Gasteiger partial charge < -0.3 is 42.7 Å². The first-order chi connectivity index (χ1) is 18.0. The SMILES string of the molecule is BCCCCC1NC(=O)C(CCCNC(=N)N)NC(=O)CNC(=O)C(CC(=O)O)NC(=O)C(CP)NC1=O. The lowest BCUT2D eigenvalue weighted by Crippen LogP contribution is -2.58. The molecule has 15 nitrogen and oxygen atoms in total. The van der Waals surface area contributed by atoms with Crippen LogP contribution in [0.15, 0.2) is 0 Å². The summed E-state index contributed by atoms with van der Waals surface area (Å²) < 4.78 is 0. The molecule has 0 aromatic heterocycles. The highest BCUT2D eigenvalue weighted by molar-refractivity contribution is 7.16. The number of aliphatic carboxylic acids is 1. The summed E-state index contributed by atoms with van der Waals surface area (Å²) in [5, 5.41) is 31.3. The minimum atomic E-state index is -1.50. The van der Waals surface area contributed by atoms with Crippen LogP contribution in [0.4, 0.5) is 0 Å². The first-order valence-electron chi connectivity index (χ1n) is 12.5. The molecule has 1 saturated heterocycles. The predicted octanol–water partition coefficient (Wildman–Crippen LogP) is -4.11. The summed E-state index contributed by atoms with van der Waals surface area (Å²) in [6.45, 7) is -0.322. The second-order valence-electron chi connectivity index (χ2n) is 8.83. The Kier molecular flexibility index (Phi) is 14.7. The van der Waals surface area contributed by atoms with Gasteiger partial charge in [0, 0.05) is 6.54 Å². The molecule has 5 atom stereocenters. The van der Waals surface area contributed by atoms with Gasteiger partial charge in [-0.05, 0) is 25.4 Å². The number of unbranched alkanes of at least 4 members (excludes halogenated alkanes) is 1. The number of carboxylic acids is 1. The molecule has 0 aliphatic carbocycles. The van der Waals surface area contributed by atoms with Crippen molar-refractivity contribution in [2.24, 2.45) is 5.73 Å². The van der Waals surface area contributed by atoms with Crippen LogP contribution in [0, 0.1) is 5.41 Å². The highest BCUT2D eigenvalue weighted by atomic mass is 31.0. The Morgan fingerprint density at radius 3 is 2.05 bits per heavy atom. The molecule has 10 N–H and O–H groups in total. The number of hydrogen-bond acceptors (Lipinski definition) is 7. The van der Waals surface area contributed by atoms with E-state index in [-0.39, 0.29) is 31.5 Å². The van der Waals surface area contributed by atoms with E-state index in [0.717, 1.165) is 12.7 Å². The van der Waals surface area contributed by atoms with Crippen LogP contribution in [0.5, 0.6) is 0 Å². The Labute approximate surface area is 224 Å². The second-order valence-corrected chi connectivity index (χ2v) is 9.30. The number of carboxylic acid groups (broad SMARTS) is 1. The maximum atomic E-state index is 13.1. The molecule has 0 radical (unpaired) electrons. The number of nitrogens with two attached hydrogens (primary N) is 1. The monoisotopic (exact) mass is 556 g/mol. The standard InChI is InChI=1S/C21H38BN8O7P/c22-6-2-1-4-12-19(36)30-14(10-38)20(37)29-13(8-16(32)33)17(34)26-9-15(31)27-11(18(35)28-12)5-3-7-25-21(23)24/h11-14H,1-10,22,38H2,(H,26,34)(H,27,31)(H,28,35)(H,29,37)(H,30,36)(H,32,33)(H4,23,24,25). The van der Waals surface area contributed by atoms with Crippen molar-refractivity contribution in [3.63, 3.8) is 0 Å². The lowest BCUT2D eigenvalue weighted by atomic mass is 9.97. The molecule has 1 heterocycles. The van der Waals surface area contributed by atoms with Crippen molar-refractivity contribution in [3.8, 4) is 0 Å². The fraction of sp³-hybridized carbons (Fsp3) is 0.667. The molecule has 1 rings (SSSR count). The summed E-state index contributed by atoms with van der Waals surface area (Å²) in [6, 6.07) is -4.70. The summed E-state index contributed by atoms with van der Waals surface area (Å²) in [5.74, 6) is -5.30. The van der Waals surface area contributed by atoms with Crippen LogP contribution in [0.2, 0.25) is 6.32 Å². The van der Waals surface area contributed by atoms with Gasteiger partial charge in [0.2, 0.25) is 29.5 Å². The molecule has 0 spiro atoms. The highest BCUT2D eigenvalue weighted by Gasteiger charge is 2.32. The van der Waals surface area contributed by atoms with Crippen LogP contribution >= 0.6 is 9.24 Å². The summed E-state index contributed by atoms with van der Waals surface area (Å²) in [5.41, 5.74) is 5.27. The van der Waals surface area contributed by atoms with Crippen LogP contribution in [0.3, 0.4) is 0 Å². The number of nitrogens with one attached hydrogen (secondary N) is 7. The average molecular weight is 556 g/mol. The Hall–Kier alpha value is -3.42. The van der Waals surface area contributed by atoms with Gasteiger partial charge in [-0.25, -0.2) is 0 Å². The van der Waals surface area contributed by atoms with E-state index in [4.69, 9.17) is 11.1 Å². The molecule has 5 amide bonds. The largest absolute Gasteiger partial charge is 0.481 e. The minimum absolute atomic E-state index is 0.0560. The molecule has 38 heavy (non-hydrogen) atoms. The third kappa shape index (κ3) is 12.2. The summed E-state index contributed by atoms with van der Waals surface area (Å²) in [4.78, 5) is 75.4. The lowest BCUT2D eigenvalue weighted by molar-refractivity contribution is -0.141. The van der Waals surface area contributed by atoms with E-state index in [1.807, 2.05) is 7.85 Å². The number of amides is 5. The zero-order chi connectivity index (χ0) is 28.7. The summed E-state index contributed by atoms with van der Waals surface area (Å²) in [6.07, 6.45) is 2.34. The van der Waals surface area contributed by atoms with Crippen LogP contribution in [0.1, 0.15) is 38.5 Å². The maximum Gasteiger partial charge on any atom is 0.305 e. The molecular weight excluding hydrogens is 518 g/mol. The lowest BCUT2D eigenvalue weighted by Gasteiger charge is -2.25. The quantitative estimate of drug-likeness (QED) is 0.0394. The van der Waals surface area contributed by atoms with Gasteiger partial charge in [-0.15, -0.1) is 9.24 Å². The van der Waals surface area contributed by atoms with E-state index < -0.39 is 72.6 Å².